The fourth-order valence-corrected chi connectivity index (χ4v) is 2.38. The van der Waals surface area contributed by atoms with Crippen LogP contribution < -0.4 is 0 Å². The number of fused-ring (bicyclic) bond motifs is 3. The summed E-state index contributed by atoms with van der Waals surface area (Å²) in [6.07, 6.45) is 2.26. The second-order valence-corrected chi connectivity index (χ2v) is 4.27. The van der Waals surface area contributed by atoms with Gasteiger partial charge >= 0.3 is 0 Å². The number of hydrogen-bond acceptors (Lipinski definition) is 2. The van der Waals surface area contributed by atoms with Crippen molar-refractivity contribution in [2.45, 2.75) is 13.1 Å². The number of nitriles is 1. The number of rotatable bonds is 0. The van der Waals surface area contributed by atoms with Gasteiger partial charge < -0.3 is 4.90 Å². The van der Waals surface area contributed by atoms with Gasteiger partial charge in [-0.2, -0.15) is 5.26 Å². The molecule has 0 amide bonds. The Labute approximate surface area is 101 Å². The molecule has 1 aliphatic rings. The van der Waals surface area contributed by atoms with Crippen LogP contribution in [0.15, 0.2) is 48.5 Å². The molecule has 0 saturated carbocycles. The molecule has 2 aromatic carbocycles. The zero-order valence-corrected chi connectivity index (χ0v) is 9.43. The van der Waals surface area contributed by atoms with Gasteiger partial charge in [-0.05, 0) is 22.3 Å². The maximum atomic E-state index is 9.14. The molecule has 2 heteroatoms. The van der Waals surface area contributed by atoms with E-state index in [1.807, 2.05) is 12.1 Å². The van der Waals surface area contributed by atoms with Gasteiger partial charge in [-0.1, -0.05) is 48.5 Å². The van der Waals surface area contributed by atoms with Crippen LogP contribution in [0.2, 0.25) is 0 Å². The van der Waals surface area contributed by atoms with Crippen LogP contribution >= 0.6 is 0 Å². The van der Waals surface area contributed by atoms with Gasteiger partial charge in [-0.25, -0.2) is 0 Å². The summed E-state index contributed by atoms with van der Waals surface area (Å²) in [4.78, 5) is 1.80. The Kier molecular flexibility index (Phi) is 2.31. The second-order valence-electron chi connectivity index (χ2n) is 4.27. The van der Waals surface area contributed by atoms with Crippen LogP contribution in [0.25, 0.3) is 11.1 Å². The molecule has 0 fully saturated rings. The third kappa shape index (κ3) is 1.66. The maximum absolute atomic E-state index is 9.14. The monoisotopic (exact) mass is 220 g/mol. The summed E-state index contributed by atoms with van der Waals surface area (Å²) in [5.41, 5.74) is 4.94. The molecule has 0 bridgehead atoms. The van der Waals surface area contributed by atoms with E-state index in [2.05, 4.69) is 42.6 Å². The third-order valence-corrected chi connectivity index (χ3v) is 3.19. The predicted octanol–water partition coefficient (Wildman–Crippen LogP) is 3.15. The number of benzene rings is 2. The molecule has 17 heavy (non-hydrogen) atoms. The molecule has 0 N–H and O–H groups in total. The molecule has 1 heterocycles. The first-order valence-electron chi connectivity index (χ1n) is 5.69. The first-order chi connectivity index (χ1) is 8.38. The Bertz CT molecular complexity index is 548. The molecule has 0 atom stereocenters. The minimum absolute atomic E-state index is 0.696. The summed E-state index contributed by atoms with van der Waals surface area (Å²) in [5.74, 6) is 0. The molecule has 0 saturated heterocycles. The zero-order chi connectivity index (χ0) is 11.7. The van der Waals surface area contributed by atoms with Crippen molar-refractivity contribution in [1.82, 2.24) is 4.90 Å². The van der Waals surface area contributed by atoms with Crippen LogP contribution in [0.5, 0.6) is 0 Å². The standard InChI is InChI=1S/C15H12N2/c16-11-17-9-12-5-1-3-7-14(12)15-8-4-2-6-13(15)10-17/h1-8H,9-10H2. The minimum atomic E-state index is 0.696. The van der Waals surface area contributed by atoms with E-state index in [0.29, 0.717) is 13.1 Å². The lowest BCUT2D eigenvalue weighted by molar-refractivity contribution is 0.383. The molecule has 0 spiro atoms. The highest BCUT2D eigenvalue weighted by Crippen LogP contribution is 2.31. The van der Waals surface area contributed by atoms with Crippen LogP contribution in [0.1, 0.15) is 11.1 Å². The predicted molar refractivity (Wildman–Crippen MR) is 66.7 cm³/mol. The van der Waals surface area contributed by atoms with Gasteiger partial charge in [0, 0.05) is 0 Å². The van der Waals surface area contributed by atoms with Crippen LogP contribution in [0.3, 0.4) is 0 Å². The van der Waals surface area contributed by atoms with Gasteiger partial charge in [0.25, 0.3) is 0 Å². The molecule has 0 unspecified atom stereocenters. The molecular formula is C15H12N2. The molecule has 0 radical (unpaired) electrons. The second kappa shape index (κ2) is 3.95. The Hall–Kier alpha value is -2.27. The highest BCUT2D eigenvalue weighted by Gasteiger charge is 2.17. The average Bonchev–Trinajstić information content (AvgIpc) is 2.55. The average molecular weight is 220 g/mol. The van der Waals surface area contributed by atoms with E-state index >= 15 is 0 Å². The number of hydrogen-bond donors (Lipinski definition) is 0. The Morgan fingerprint density at radius 2 is 1.29 bits per heavy atom. The third-order valence-electron chi connectivity index (χ3n) is 3.19. The van der Waals surface area contributed by atoms with E-state index in [1.165, 1.54) is 22.3 Å². The smallest absolute Gasteiger partial charge is 0.179 e. The molecule has 1 aliphatic heterocycles. The fourth-order valence-electron chi connectivity index (χ4n) is 2.38. The van der Waals surface area contributed by atoms with E-state index < -0.39 is 0 Å². The first-order valence-corrected chi connectivity index (χ1v) is 5.69. The Balaban J connectivity index is 2.25. The van der Waals surface area contributed by atoms with Crippen LogP contribution in [0, 0.1) is 11.5 Å². The molecule has 3 rings (SSSR count). The van der Waals surface area contributed by atoms with Crippen LogP contribution in [-0.4, -0.2) is 4.90 Å². The van der Waals surface area contributed by atoms with Gasteiger partial charge in [0.05, 0.1) is 13.1 Å². The van der Waals surface area contributed by atoms with Gasteiger partial charge in [0.2, 0.25) is 0 Å². The van der Waals surface area contributed by atoms with Crippen molar-refractivity contribution in [1.29, 1.82) is 5.26 Å². The summed E-state index contributed by atoms with van der Waals surface area (Å²) in [6.45, 7) is 1.39. The van der Waals surface area contributed by atoms with Crippen LogP contribution in [0.4, 0.5) is 0 Å². The molecule has 2 nitrogen and oxygen atoms in total. The lowest BCUT2D eigenvalue weighted by Gasteiger charge is -2.12. The summed E-state index contributed by atoms with van der Waals surface area (Å²) < 4.78 is 0. The largest absolute Gasteiger partial charge is 0.302 e. The topological polar surface area (TPSA) is 27.0 Å². The van der Waals surface area contributed by atoms with Crippen LogP contribution in [-0.2, 0) is 13.1 Å². The molecular weight excluding hydrogens is 208 g/mol. The molecule has 82 valence electrons. The quantitative estimate of drug-likeness (QED) is 0.638. The summed E-state index contributed by atoms with van der Waals surface area (Å²) in [6, 6.07) is 16.6. The Morgan fingerprint density at radius 1 is 0.824 bits per heavy atom. The van der Waals surface area contributed by atoms with E-state index in [-0.39, 0.29) is 0 Å². The van der Waals surface area contributed by atoms with Crippen molar-refractivity contribution < 1.29 is 0 Å². The van der Waals surface area contributed by atoms with Gasteiger partial charge in [0.1, 0.15) is 0 Å². The van der Waals surface area contributed by atoms with Crippen molar-refractivity contribution in [3.63, 3.8) is 0 Å². The summed E-state index contributed by atoms with van der Waals surface area (Å²) >= 11 is 0. The van der Waals surface area contributed by atoms with Crippen molar-refractivity contribution in [2.24, 2.45) is 0 Å². The lowest BCUT2D eigenvalue weighted by atomic mass is 9.97. The minimum Gasteiger partial charge on any atom is -0.302 e. The van der Waals surface area contributed by atoms with Crippen molar-refractivity contribution in [3.05, 3.63) is 59.7 Å². The van der Waals surface area contributed by atoms with Crippen molar-refractivity contribution in [2.75, 3.05) is 0 Å². The van der Waals surface area contributed by atoms with E-state index in [9.17, 15) is 0 Å². The molecule has 0 aliphatic carbocycles. The molecule has 2 aromatic rings. The highest BCUT2D eigenvalue weighted by molar-refractivity contribution is 5.71. The van der Waals surface area contributed by atoms with Gasteiger partial charge in [-0.3, -0.25) is 0 Å². The van der Waals surface area contributed by atoms with Gasteiger partial charge in [-0.15, -0.1) is 0 Å². The maximum Gasteiger partial charge on any atom is 0.179 e. The SMILES string of the molecule is N#CN1Cc2ccccc2-c2ccccc2C1. The van der Waals surface area contributed by atoms with Crippen molar-refractivity contribution in [3.8, 4) is 17.3 Å². The van der Waals surface area contributed by atoms with E-state index in [0.717, 1.165) is 0 Å². The van der Waals surface area contributed by atoms with E-state index in [1.54, 1.807) is 4.90 Å². The fraction of sp³-hybridized carbons (Fsp3) is 0.133. The normalized spacial score (nSPS) is 13.2. The lowest BCUT2D eigenvalue weighted by Crippen LogP contribution is -2.14. The summed E-state index contributed by atoms with van der Waals surface area (Å²) in [5, 5.41) is 9.14. The van der Waals surface area contributed by atoms with Gasteiger partial charge in [0.15, 0.2) is 6.19 Å². The molecule has 0 aromatic heterocycles. The summed E-state index contributed by atoms with van der Waals surface area (Å²) in [7, 11) is 0. The van der Waals surface area contributed by atoms with E-state index in [4.69, 9.17) is 5.26 Å². The van der Waals surface area contributed by atoms with Crippen molar-refractivity contribution >= 4 is 0 Å². The zero-order valence-electron chi connectivity index (χ0n) is 9.43. The number of nitrogens with zero attached hydrogens (tertiary/aromatic N) is 2. The highest BCUT2D eigenvalue weighted by atomic mass is 15.1. The Morgan fingerprint density at radius 3 is 1.76 bits per heavy atom. The first kappa shape index (κ1) is 9.92.